The minimum absolute atomic E-state index is 0.145. The second kappa shape index (κ2) is 10.7. The number of fused-ring (bicyclic) bond motifs is 1. The van der Waals surface area contributed by atoms with E-state index in [-0.39, 0.29) is 30.2 Å². The van der Waals surface area contributed by atoms with E-state index < -0.39 is 29.3 Å². The summed E-state index contributed by atoms with van der Waals surface area (Å²) in [4.78, 5) is 51.4. The fourth-order valence-electron chi connectivity index (χ4n) is 5.29. The first-order valence-electron chi connectivity index (χ1n) is 12.4. The Hall–Kier alpha value is -4.50. The lowest BCUT2D eigenvalue weighted by Crippen LogP contribution is -2.38. The first-order valence-corrected chi connectivity index (χ1v) is 12.8. The van der Waals surface area contributed by atoms with E-state index in [2.05, 4.69) is 5.32 Å². The van der Waals surface area contributed by atoms with Crippen molar-refractivity contribution in [3.8, 4) is 0 Å². The van der Waals surface area contributed by atoms with Gasteiger partial charge in [-0.2, -0.15) is 0 Å². The van der Waals surface area contributed by atoms with Crippen LogP contribution in [0.1, 0.15) is 48.8 Å². The van der Waals surface area contributed by atoms with Gasteiger partial charge in [-0.15, -0.1) is 0 Å². The number of anilines is 2. The summed E-state index contributed by atoms with van der Waals surface area (Å²) in [6.45, 7) is 0. The molecule has 1 aliphatic carbocycles. The van der Waals surface area contributed by atoms with Crippen molar-refractivity contribution in [1.29, 1.82) is 0 Å². The maximum Gasteiger partial charge on any atom is 0.303 e. The Balaban J connectivity index is 1.70. The van der Waals surface area contributed by atoms with Gasteiger partial charge in [0.25, 0.3) is 5.69 Å². The van der Waals surface area contributed by atoms with Crippen LogP contribution >= 0.6 is 11.6 Å². The molecule has 2 N–H and O–H groups in total. The maximum atomic E-state index is 13.9. The molecule has 0 spiro atoms. The zero-order valence-electron chi connectivity index (χ0n) is 20.7. The number of benzene rings is 3. The molecule has 0 fully saturated rings. The molecule has 2 unspecified atom stereocenters. The molecule has 1 amide bonds. The van der Waals surface area contributed by atoms with Crippen LogP contribution in [0.15, 0.2) is 84.1 Å². The van der Waals surface area contributed by atoms with E-state index in [1.54, 1.807) is 42.5 Å². The van der Waals surface area contributed by atoms with Gasteiger partial charge in [0.05, 0.1) is 28.8 Å². The Bertz CT molecular complexity index is 1520. The smallest absolute Gasteiger partial charge is 0.303 e. The Kier molecular flexibility index (Phi) is 7.17. The van der Waals surface area contributed by atoms with Crippen LogP contribution in [0.2, 0.25) is 5.02 Å². The zero-order chi connectivity index (χ0) is 27.7. The number of nitro benzene ring substituents is 1. The fraction of sp³-hybridized carbons (Fsp3) is 0.207. The monoisotopic (exact) mass is 545 g/mol. The van der Waals surface area contributed by atoms with Crippen molar-refractivity contribution in [2.24, 2.45) is 0 Å². The number of nitro groups is 1. The minimum Gasteiger partial charge on any atom is -0.481 e. The largest absolute Gasteiger partial charge is 0.481 e. The number of para-hydroxylation sites is 2. The highest BCUT2D eigenvalue weighted by atomic mass is 35.5. The Morgan fingerprint density at radius 3 is 2.46 bits per heavy atom. The number of halogens is 1. The Morgan fingerprint density at radius 1 is 1.00 bits per heavy atom. The molecule has 3 aromatic carbocycles. The predicted molar refractivity (Wildman–Crippen MR) is 146 cm³/mol. The lowest BCUT2D eigenvalue weighted by molar-refractivity contribution is -0.384. The van der Waals surface area contributed by atoms with Crippen molar-refractivity contribution in [1.82, 2.24) is 0 Å². The third-order valence-electron chi connectivity index (χ3n) is 7.05. The molecule has 1 aliphatic heterocycles. The van der Waals surface area contributed by atoms with E-state index in [0.29, 0.717) is 39.7 Å². The molecule has 2 atom stereocenters. The first kappa shape index (κ1) is 26.1. The molecule has 0 saturated carbocycles. The second-order valence-electron chi connectivity index (χ2n) is 9.53. The molecule has 1 heterocycles. The number of carboxylic acid groups (broad SMARTS) is 1. The number of carbonyl (C=O) groups excluding carboxylic acids is 2. The molecule has 5 rings (SSSR count). The van der Waals surface area contributed by atoms with Crippen LogP contribution in [0.25, 0.3) is 0 Å². The Morgan fingerprint density at radius 2 is 1.74 bits per heavy atom. The third-order valence-corrected chi connectivity index (χ3v) is 7.30. The van der Waals surface area contributed by atoms with E-state index in [0.717, 1.165) is 5.56 Å². The number of carboxylic acids is 1. The summed E-state index contributed by atoms with van der Waals surface area (Å²) in [6.07, 6.45) is -0.0783. The third kappa shape index (κ3) is 5.26. The molecule has 9 nitrogen and oxygen atoms in total. The lowest BCUT2D eigenvalue weighted by atomic mass is 9.78. The highest BCUT2D eigenvalue weighted by molar-refractivity contribution is 6.30. The molecule has 2 aliphatic rings. The number of rotatable bonds is 6. The molecule has 0 bridgehead atoms. The maximum absolute atomic E-state index is 13.9. The standard InChI is InChI=1S/C29H24ClN3O6/c30-20-10-8-17(9-11-20)19-15-23-28(25(34)16-19)29(18-4-3-5-21(14-18)33(38)39)32(26(35)12-13-27(36)37)24-7-2-1-6-22(24)31-23/h1-11,14,19,29,31H,12-13,15-16H2,(H,36,37). The van der Waals surface area contributed by atoms with Gasteiger partial charge in [-0.25, -0.2) is 0 Å². The quantitative estimate of drug-likeness (QED) is 0.286. The van der Waals surface area contributed by atoms with Gasteiger partial charge in [0.1, 0.15) is 0 Å². The first-order chi connectivity index (χ1) is 18.7. The van der Waals surface area contributed by atoms with E-state index in [9.17, 15) is 29.6 Å². The Labute approximate surface area is 228 Å². The number of aliphatic carboxylic acids is 1. The summed E-state index contributed by atoms with van der Waals surface area (Å²) >= 11 is 6.07. The molecule has 10 heteroatoms. The fourth-order valence-corrected chi connectivity index (χ4v) is 5.42. The van der Waals surface area contributed by atoms with Crippen molar-refractivity contribution in [2.45, 2.75) is 37.6 Å². The predicted octanol–water partition coefficient (Wildman–Crippen LogP) is 6.01. The van der Waals surface area contributed by atoms with Crippen molar-refractivity contribution in [3.05, 3.63) is 110 Å². The number of non-ortho nitro benzene ring substituents is 1. The van der Waals surface area contributed by atoms with Crippen LogP contribution in [0, 0.1) is 10.1 Å². The van der Waals surface area contributed by atoms with Crippen molar-refractivity contribution < 1.29 is 24.4 Å². The van der Waals surface area contributed by atoms with Gasteiger partial charge in [0.15, 0.2) is 5.78 Å². The normalized spacial score (nSPS) is 18.5. The van der Waals surface area contributed by atoms with Gasteiger partial charge in [-0.1, -0.05) is 48.0 Å². The number of allylic oxidation sites excluding steroid dienone is 1. The van der Waals surface area contributed by atoms with Gasteiger partial charge >= 0.3 is 5.97 Å². The molecule has 39 heavy (non-hydrogen) atoms. The van der Waals surface area contributed by atoms with Gasteiger partial charge in [-0.3, -0.25) is 29.4 Å². The molecule has 3 aromatic rings. The minimum atomic E-state index is -1.13. The highest BCUT2D eigenvalue weighted by Gasteiger charge is 2.42. The van der Waals surface area contributed by atoms with Gasteiger partial charge in [0, 0.05) is 41.3 Å². The van der Waals surface area contributed by atoms with Crippen LogP contribution in [-0.4, -0.2) is 27.7 Å². The van der Waals surface area contributed by atoms with Crippen LogP contribution in [0.4, 0.5) is 17.1 Å². The number of amides is 1. The summed E-state index contributed by atoms with van der Waals surface area (Å²) in [5, 5.41) is 24.8. The molecular weight excluding hydrogens is 522 g/mol. The summed E-state index contributed by atoms with van der Waals surface area (Å²) in [5.74, 6) is -1.99. The summed E-state index contributed by atoms with van der Waals surface area (Å²) in [6, 6.07) is 19.2. The van der Waals surface area contributed by atoms with Gasteiger partial charge in [0.2, 0.25) is 5.91 Å². The molecule has 0 aromatic heterocycles. The SMILES string of the molecule is O=C(O)CCC(=O)N1c2ccccc2NC2=C(C(=O)CC(c3ccc(Cl)cc3)C2)C1c1cccc([N+](=O)[O-])c1. The summed E-state index contributed by atoms with van der Waals surface area (Å²) in [7, 11) is 0. The van der Waals surface area contributed by atoms with Crippen molar-refractivity contribution in [2.75, 3.05) is 10.2 Å². The van der Waals surface area contributed by atoms with Crippen molar-refractivity contribution >= 4 is 46.3 Å². The average molecular weight is 546 g/mol. The topological polar surface area (TPSA) is 130 Å². The number of hydrogen-bond donors (Lipinski definition) is 2. The van der Waals surface area contributed by atoms with Gasteiger partial charge in [-0.05, 0) is 47.7 Å². The highest BCUT2D eigenvalue weighted by Crippen LogP contribution is 2.48. The zero-order valence-corrected chi connectivity index (χ0v) is 21.4. The van der Waals surface area contributed by atoms with Crippen LogP contribution in [-0.2, 0) is 14.4 Å². The second-order valence-corrected chi connectivity index (χ2v) is 9.96. The number of nitrogens with one attached hydrogen (secondary N) is 1. The van der Waals surface area contributed by atoms with E-state index >= 15 is 0 Å². The number of carbonyl (C=O) groups is 3. The average Bonchev–Trinajstić information content (AvgIpc) is 3.07. The van der Waals surface area contributed by atoms with E-state index in [1.807, 2.05) is 12.1 Å². The summed E-state index contributed by atoms with van der Waals surface area (Å²) in [5.41, 5.74) is 3.13. The lowest BCUT2D eigenvalue weighted by Gasteiger charge is -2.35. The molecule has 198 valence electrons. The number of nitrogens with zero attached hydrogens (tertiary/aromatic N) is 2. The van der Waals surface area contributed by atoms with E-state index in [1.165, 1.54) is 23.1 Å². The number of hydrogen-bond acceptors (Lipinski definition) is 6. The van der Waals surface area contributed by atoms with E-state index in [4.69, 9.17) is 11.6 Å². The van der Waals surface area contributed by atoms with Crippen molar-refractivity contribution in [3.63, 3.8) is 0 Å². The number of ketones is 1. The van der Waals surface area contributed by atoms with Gasteiger partial charge < -0.3 is 10.4 Å². The molecule has 0 saturated heterocycles. The van der Waals surface area contributed by atoms with Crippen LogP contribution in [0.5, 0.6) is 0 Å². The van der Waals surface area contributed by atoms with Crippen LogP contribution < -0.4 is 10.2 Å². The van der Waals surface area contributed by atoms with Crippen LogP contribution in [0.3, 0.4) is 0 Å². The number of Topliss-reactive ketones (excluding diaryl/α,β-unsaturated/α-hetero) is 1. The summed E-state index contributed by atoms with van der Waals surface area (Å²) < 4.78 is 0. The molecule has 0 radical (unpaired) electrons. The molecular formula is C29H24ClN3O6.